The Morgan fingerprint density at radius 3 is 2.57 bits per heavy atom. The first-order chi connectivity index (χ1) is 17.7. The lowest BCUT2D eigenvalue weighted by atomic mass is 9.74. The van der Waals surface area contributed by atoms with Crippen LogP contribution in [-0.4, -0.2) is 68.3 Å². The Morgan fingerprint density at radius 1 is 1.16 bits per heavy atom. The van der Waals surface area contributed by atoms with Gasteiger partial charge in [0.2, 0.25) is 11.8 Å². The van der Waals surface area contributed by atoms with Crippen LogP contribution in [0, 0.1) is 11.8 Å². The van der Waals surface area contributed by atoms with E-state index < -0.39 is 35.8 Å². The Hall–Kier alpha value is -3.50. The minimum Gasteiger partial charge on any atom is -0.496 e. The molecule has 1 fully saturated rings. The molecule has 2 heterocycles. The third kappa shape index (κ3) is 7.05. The number of carbonyl (C=O) groups excluding carboxylic acids is 4. The molecule has 1 aliphatic rings. The van der Waals surface area contributed by atoms with Crippen LogP contribution in [0.2, 0.25) is 13.1 Å². The van der Waals surface area contributed by atoms with Crippen LogP contribution in [0.5, 0.6) is 5.75 Å². The summed E-state index contributed by atoms with van der Waals surface area (Å²) in [5.41, 5.74) is 1.01. The van der Waals surface area contributed by atoms with Crippen LogP contribution in [0.25, 0.3) is 10.9 Å². The summed E-state index contributed by atoms with van der Waals surface area (Å²) in [5.74, 6) is -1.46. The minimum atomic E-state index is -1.01. The molecular weight excluding hydrogens is 475 g/mol. The first-order valence-electron chi connectivity index (χ1n) is 12.6. The molecule has 0 bridgehead atoms. The molecule has 1 aromatic carbocycles. The number of benzene rings is 1. The van der Waals surface area contributed by atoms with Gasteiger partial charge < -0.3 is 30.4 Å². The van der Waals surface area contributed by atoms with Crippen LogP contribution in [0.1, 0.15) is 43.6 Å². The maximum absolute atomic E-state index is 13.3. The molecule has 1 aliphatic heterocycles. The van der Waals surface area contributed by atoms with Crippen LogP contribution in [0.3, 0.4) is 0 Å². The number of hydrogen-bond acceptors (Lipinski definition) is 6. The van der Waals surface area contributed by atoms with Gasteiger partial charge in [-0.3, -0.25) is 14.4 Å². The molecule has 1 saturated heterocycles. The van der Waals surface area contributed by atoms with Crippen molar-refractivity contribution in [1.29, 1.82) is 0 Å². The molecule has 37 heavy (non-hydrogen) atoms. The van der Waals surface area contributed by atoms with Crippen molar-refractivity contribution in [2.75, 3.05) is 14.2 Å². The van der Waals surface area contributed by atoms with Crippen LogP contribution < -0.4 is 20.7 Å². The van der Waals surface area contributed by atoms with E-state index in [0.29, 0.717) is 18.6 Å². The number of esters is 1. The number of amides is 3. The molecular formula is C26H36BN4O6. The van der Waals surface area contributed by atoms with E-state index in [1.807, 2.05) is 40.1 Å². The molecule has 4 N–H and O–H groups in total. The zero-order valence-corrected chi connectivity index (χ0v) is 22.1. The normalized spacial score (nSPS) is 18.7. The summed E-state index contributed by atoms with van der Waals surface area (Å²) >= 11 is 0. The summed E-state index contributed by atoms with van der Waals surface area (Å²) in [6, 6.07) is 5.22. The van der Waals surface area contributed by atoms with E-state index in [2.05, 4.69) is 20.9 Å². The second-order valence-corrected chi connectivity index (χ2v) is 9.86. The number of nitrogens with one attached hydrogen (secondary N) is 4. The highest BCUT2D eigenvalue weighted by atomic mass is 16.5. The molecule has 3 amide bonds. The van der Waals surface area contributed by atoms with Gasteiger partial charge >= 0.3 is 5.97 Å². The number of methoxy groups -OCH3 is 2. The standard InChI is InChI=1S/C26H36BN4O6/c1-14(2)9-19(30-25(34)20-12-17-18(29-20)7-6-8-22(17)36-4)24(33)31-21(26(35)37-5)11-15-10-16(13-27-3)28-23(15)32/h6-8,12,14-16,19,21,29H,9-11,13H2,1-5H3,(H,28,32)(H,30,34)(H,31,33)/t15-,16?,19-,21-/m0/s1. The molecule has 2 aromatic rings. The second kappa shape index (κ2) is 12.6. The van der Waals surface area contributed by atoms with Crippen molar-refractivity contribution in [2.24, 2.45) is 11.8 Å². The quantitative estimate of drug-likeness (QED) is 0.254. The van der Waals surface area contributed by atoms with E-state index in [4.69, 9.17) is 9.47 Å². The van der Waals surface area contributed by atoms with E-state index in [-0.39, 0.29) is 30.0 Å². The first kappa shape index (κ1) is 28.1. The topological polar surface area (TPSA) is 139 Å². The predicted octanol–water partition coefficient (Wildman–Crippen LogP) is 2.04. The van der Waals surface area contributed by atoms with Gasteiger partial charge in [0.25, 0.3) is 5.91 Å². The molecule has 199 valence electrons. The summed E-state index contributed by atoms with van der Waals surface area (Å²) < 4.78 is 10.3. The van der Waals surface area contributed by atoms with Gasteiger partial charge in [0.15, 0.2) is 0 Å². The molecule has 1 aromatic heterocycles. The van der Waals surface area contributed by atoms with E-state index in [1.54, 1.807) is 19.2 Å². The lowest BCUT2D eigenvalue weighted by Gasteiger charge is -2.24. The van der Waals surface area contributed by atoms with Gasteiger partial charge in [-0.25, -0.2) is 4.79 Å². The number of carbonyl (C=O) groups is 4. The molecule has 11 heteroatoms. The maximum Gasteiger partial charge on any atom is 0.328 e. The van der Waals surface area contributed by atoms with Crippen LogP contribution in [-0.2, 0) is 19.1 Å². The largest absolute Gasteiger partial charge is 0.496 e. The van der Waals surface area contributed by atoms with Crippen LogP contribution >= 0.6 is 0 Å². The number of aromatic nitrogens is 1. The number of aromatic amines is 1. The molecule has 0 aliphatic carbocycles. The van der Waals surface area contributed by atoms with Gasteiger partial charge in [-0.2, -0.15) is 0 Å². The molecule has 1 unspecified atom stereocenters. The van der Waals surface area contributed by atoms with Crippen molar-refractivity contribution in [2.45, 2.75) is 64.4 Å². The van der Waals surface area contributed by atoms with Crippen molar-refractivity contribution in [3.05, 3.63) is 30.0 Å². The summed E-state index contributed by atoms with van der Waals surface area (Å²) in [6.45, 7) is 5.80. The van der Waals surface area contributed by atoms with Gasteiger partial charge in [0.1, 0.15) is 30.8 Å². The van der Waals surface area contributed by atoms with Crippen molar-refractivity contribution in [1.82, 2.24) is 20.9 Å². The van der Waals surface area contributed by atoms with Gasteiger partial charge in [-0.1, -0.05) is 33.1 Å². The zero-order valence-electron chi connectivity index (χ0n) is 22.1. The fraction of sp³-hybridized carbons (Fsp3) is 0.538. The number of ether oxygens (including phenoxy) is 2. The van der Waals surface area contributed by atoms with Crippen molar-refractivity contribution in [3.8, 4) is 5.75 Å². The van der Waals surface area contributed by atoms with Crippen molar-refractivity contribution < 1.29 is 28.7 Å². The number of fused-ring (bicyclic) bond motifs is 1. The third-order valence-electron chi connectivity index (χ3n) is 6.55. The maximum atomic E-state index is 13.3. The van der Waals surface area contributed by atoms with Gasteiger partial charge in [-0.05, 0) is 43.4 Å². The molecule has 0 spiro atoms. The fourth-order valence-electron chi connectivity index (χ4n) is 4.75. The van der Waals surface area contributed by atoms with Crippen LogP contribution in [0.4, 0.5) is 0 Å². The first-order valence-corrected chi connectivity index (χ1v) is 12.6. The number of H-pyrrole nitrogens is 1. The number of hydrogen-bond donors (Lipinski definition) is 4. The Bertz CT molecular complexity index is 1130. The molecule has 1 radical (unpaired) electrons. The lowest BCUT2D eigenvalue weighted by Crippen LogP contribution is -2.53. The summed E-state index contributed by atoms with van der Waals surface area (Å²) in [6.07, 6.45) is 1.78. The smallest absolute Gasteiger partial charge is 0.328 e. The Morgan fingerprint density at radius 2 is 1.92 bits per heavy atom. The number of rotatable bonds is 12. The summed E-state index contributed by atoms with van der Waals surface area (Å²) in [7, 11) is 4.78. The molecule has 4 atom stereocenters. The molecule has 3 rings (SSSR count). The molecule has 10 nitrogen and oxygen atoms in total. The zero-order chi connectivity index (χ0) is 27.1. The van der Waals surface area contributed by atoms with Crippen LogP contribution in [0.15, 0.2) is 24.3 Å². The highest BCUT2D eigenvalue weighted by molar-refractivity contribution is 6.33. The Balaban J connectivity index is 1.74. The summed E-state index contributed by atoms with van der Waals surface area (Å²) in [4.78, 5) is 54.4. The SMILES string of the molecule is C[B]CC1C[C@@H](C[C@H](NC(=O)[C@H](CC(C)C)NC(=O)c2cc3c(OC)cccc3[nH]2)C(=O)OC)C(=O)N1. The lowest BCUT2D eigenvalue weighted by molar-refractivity contribution is -0.146. The van der Waals surface area contributed by atoms with Gasteiger partial charge in [-0.15, -0.1) is 0 Å². The van der Waals surface area contributed by atoms with E-state index in [1.165, 1.54) is 7.11 Å². The van der Waals surface area contributed by atoms with Crippen molar-refractivity contribution >= 4 is 41.9 Å². The average molecular weight is 511 g/mol. The van der Waals surface area contributed by atoms with E-state index >= 15 is 0 Å². The highest BCUT2D eigenvalue weighted by Gasteiger charge is 2.37. The van der Waals surface area contributed by atoms with Gasteiger partial charge in [0.05, 0.1) is 14.2 Å². The average Bonchev–Trinajstić information content (AvgIpc) is 3.45. The highest BCUT2D eigenvalue weighted by Crippen LogP contribution is 2.26. The Labute approximate surface area is 217 Å². The Kier molecular flexibility index (Phi) is 9.60. The third-order valence-corrected chi connectivity index (χ3v) is 6.55. The minimum absolute atomic E-state index is 0.0133. The molecule has 0 saturated carbocycles. The predicted molar refractivity (Wildman–Crippen MR) is 141 cm³/mol. The van der Waals surface area contributed by atoms with E-state index in [0.717, 1.165) is 17.2 Å². The monoisotopic (exact) mass is 511 g/mol. The fourth-order valence-corrected chi connectivity index (χ4v) is 4.75. The van der Waals surface area contributed by atoms with E-state index in [9.17, 15) is 19.2 Å². The van der Waals surface area contributed by atoms with Gasteiger partial charge in [0, 0.05) is 22.9 Å². The summed E-state index contributed by atoms with van der Waals surface area (Å²) in [5, 5.41) is 9.19. The van der Waals surface area contributed by atoms with Crippen molar-refractivity contribution in [3.63, 3.8) is 0 Å². The second-order valence-electron chi connectivity index (χ2n) is 9.86.